The number of thiocarbonyl (C=S) groups is 1. The fourth-order valence-electron chi connectivity index (χ4n) is 2.50. The molecule has 0 spiro atoms. The van der Waals surface area contributed by atoms with Gasteiger partial charge in [-0.05, 0) is 31.1 Å². The first-order valence-corrected chi connectivity index (χ1v) is 6.86. The highest BCUT2D eigenvalue weighted by molar-refractivity contribution is 7.80. The zero-order valence-electron chi connectivity index (χ0n) is 10.9. The molecular formula is C13H20N4S. The Morgan fingerprint density at radius 3 is 2.67 bits per heavy atom. The number of nitrogens with two attached hydrogens (primary N) is 1. The van der Waals surface area contributed by atoms with Crippen LogP contribution in [0, 0.1) is 11.8 Å². The summed E-state index contributed by atoms with van der Waals surface area (Å²) < 4.78 is 0. The predicted molar refractivity (Wildman–Crippen MR) is 77.5 cm³/mol. The Morgan fingerprint density at radius 1 is 1.28 bits per heavy atom. The average Bonchev–Trinajstić information content (AvgIpc) is 2.34. The van der Waals surface area contributed by atoms with Gasteiger partial charge in [0.1, 0.15) is 10.7 Å². The molecule has 1 heterocycles. The van der Waals surface area contributed by atoms with Crippen LogP contribution in [-0.2, 0) is 0 Å². The molecule has 1 aliphatic rings. The van der Waals surface area contributed by atoms with Gasteiger partial charge < -0.3 is 11.1 Å². The number of hydrogen-bond donors (Lipinski definition) is 2. The topological polar surface area (TPSA) is 63.8 Å². The van der Waals surface area contributed by atoms with E-state index in [4.69, 9.17) is 18.0 Å². The van der Waals surface area contributed by atoms with Crippen LogP contribution < -0.4 is 11.1 Å². The zero-order valence-corrected chi connectivity index (χ0v) is 11.7. The summed E-state index contributed by atoms with van der Waals surface area (Å²) in [6.45, 7) is 4.63. The summed E-state index contributed by atoms with van der Waals surface area (Å²) in [5.41, 5.74) is 6.25. The van der Waals surface area contributed by atoms with Crippen molar-refractivity contribution in [1.29, 1.82) is 0 Å². The lowest BCUT2D eigenvalue weighted by Crippen LogP contribution is -2.31. The summed E-state index contributed by atoms with van der Waals surface area (Å²) in [6, 6.07) is 0.445. The van der Waals surface area contributed by atoms with Crippen LogP contribution in [0.2, 0.25) is 0 Å². The van der Waals surface area contributed by atoms with Crippen molar-refractivity contribution in [2.45, 2.75) is 39.2 Å². The molecule has 1 aromatic heterocycles. The Hall–Kier alpha value is -1.23. The van der Waals surface area contributed by atoms with Gasteiger partial charge in [-0.1, -0.05) is 26.1 Å². The third-order valence-electron chi connectivity index (χ3n) is 3.87. The standard InChI is InChI=1S/C13H20N4S/c1-8-3-4-10(7-9(8)2)17-13-11(12(14)18)15-5-6-16-13/h5-6,8-10H,3-4,7H2,1-2H3,(H2,14,18)(H,16,17). The quantitative estimate of drug-likeness (QED) is 0.820. The summed E-state index contributed by atoms with van der Waals surface area (Å²) in [7, 11) is 0. The molecule has 2 rings (SSSR count). The van der Waals surface area contributed by atoms with E-state index >= 15 is 0 Å². The minimum absolute atomic E-state index is 0.294. The molecule has 0 amide bonds. The Balaban J connectivity index is 2.08. The maximum Gasteiger partial charge on any atom is 0.155 e. The van der Waals surface area contributed by atoms with Gasteiger partial charge >= 0.3 is 0 Å². The molecule has 1 fully saturated rings. The van der Waals surface area contributed by atoms with Gasteiger partial charge in [0.25, 0.3) is 0 Å². The van der Waals surface area contributed by atoms with Gasteiger partial charge in [0.2, 0.25) is 0 Å². The second kappa shape index (κ2) is 5.61. The van der Waals surface area contributed by atoms with E-state index < -0.39 is 0 Å². The highest BCUT2D eigenvalue weighted by atomic mass is 32.1. The van der Waals surface area contributed by atoms with E-state index in [2.05, 4.69) is 29.1 Å². The minimum atomic E-state index is 0.294. The Labute approximate surface area is 113 Å². The first-order chi connectivity index (χ1) is 8.58. The van der Waals surface area contributed by atoms with Crippen LogP contribution in [0.3, 0.4) is 0 Å². The second-order valence-electron chi connectivity index (χ2n) is 5.23. The molecular weight excluding hydrogens is 244 g/mol. The van der Waals surface area contributed by atoms with Crippen LogP contribution >= 0.6 is 12.2 Å². The van der Waals surface area contributed by atoms with E-state index in [9.17, 15) is 0 Å². The number of aromatic nitrogens is 2. The fraction of sp³-hybridized carbons (Fsp3) is 0.615. The molecule has 5 heteroatoms. The van der Waals surface area contributed by atoms with E-state index in [1.165, 1.54) is 12.8 Å². The minimum Gasteiger partial charge on any atom is -0.388 e. The van der Waals surface area contributed by atoms with Crippen LogP contribution in [0.15, 0.2) is 12.4 Å². The molecule has 4 nitrogen and oxygen atoms in total. The number of nitrogens with one attached hydrogen (secondary N) is 1. The smallest absolute Gasteiger partial charge is 0.155 e. The van der Waals surface area contributed by atoms with Crippen molar-refractivity contribution in [1.82, 2.24) is 9.97 Å². The van der Waals surface area contributed by atoms with Gasteiger partial charge in [-0.3, -0.25) is 0 Å². The number of hydrogen-bond acceptors (Lipinski definition) is 4. The molecule has 1 aromatic rings. The first kappa shape index (κ1) is 13.2. The molecule has 0 bridgehead atoms. The lowest BCUT2D eigenvalue weighted by molar-refractivity contribution is 0.260. The van der Waals surface area contributed by atoms with E-state index in [0.29, 0.717) is 16.7 Å². The maximum absolute atomic E-state index is 5.66. The molecule has 1 aliphatic carbocycles. The normalized spacial score (nSPS) is 27.8. The largest absolute Gasteiger partial charge is 0.388 e. The van der Waals surface area contributed by atoms with Crippen LogP contribution in [0.1, 0.15) is 38.8 Å². The monoisotopic (exact) mass is 264 g/mol. The third kappa shape index (κ3) is 2.96. The van der Waals surface area contributed by atoms with Gasteiger partial charge in [0.15, 0.2) is 5.82 Å². The first-order valence-electron chi connectivity index (χ1n) is 6.45. The van der Waals surface area contributed by atoms with E-state index in [-0.39, 0.29) is 0 Å². The van der Waals surface area contributed by atoms with Crippen molar-refractivity contribution in [2.75, 3.05) is 5.32 Å². The van der Waals surface area contributed by atoms with E-state index in [0.717, 1.165) is 24.1 Å². The molecule has 3 N–H and O–H groups in total. The summed E-state index contributed by atoms with van der Waals surface area (Å²) in [6.07, 6.45) is 6.86. The van der Waals surface area contributed by atoms with Crippen molar-refractivity contribution in [3.8, 4) is 0 Å². The third-order valence-corrected chi connectivity index (χ3v) is 4.06. The van der Waals surface area contributed by atoms with E-state index in [1.807, 2.05) is 0 Å². The molecule has 0 saturated heterocycles. The predicted octanol–water partition coefficient (Wildman–Crippen LogP) is 2.35. The Kier molecular flexibility index (Phi) is 4.11. The summed E-state index contributed by atoms with van der Waals surface area (Å²) >= 11 is 4.99. The highest BCUT2D eigenvalue weighted by Crippen LogP contribution is 2.31. The second-order valence-corrected chi connectivity index (χ2v) is 5.67. The van der Waals surface area contributed by atoms with Crippen molar-refractivity contribution in [3.63, 3.8) is 0 Å². The maximum atomic E-state index is 5.66. The van der Waals surface area contributed by atoms with Gasteiger partial charge in [0.05, 0.1) is 0 Å². The van der Waals surface area contributed by atoms with Crippen molar-refractivity contribution in [2.24, 2.45) is 17.6 Å². The highest BCUT2D eigenvalue weighted by Gasteiger charge is 2.25. The summed E-state index contributed by atoms with van der Waals surface area (Å²) in [5, 5.41) is 3.44. The molecule has 0 radical (unpaired) electrons. The molecule has 3 unspecified atom stereocenters. The van der Waals surface area contributed by atoms with Crippen molar-refractivity contribution >= 4 is 23.0 Å². The molecule has 18 heavy (non-hydrogen) atoms. The summed E-state index contributed by atoms with van der Waals surface area (Å²) in [4.78, 5) is 8.78. The number of anilines is 1. The summed E-state index contributed by atoms with van der Waals surface area (Å²) in [5.74, 6) is 2.26. The van der Waals surface area contributed by atoms with E-state index in [1.54, 1.807) is 12.4 Å². The fourth-order valence-corrected chi connectivity index (χ4v) is 2.65. The van der Waals surface area contributed by atoms with Crippen molar-refractivity contribution < 1.29 is 0 Å². The van der Waals surface area contributed by atoms with Crippen LogP contribution in [0.4, 0.5) is 5.82 Å². The lowest BCUT2D eigenvalue weighted by Gasteiger charge is -2.33. The average molecular weight is 264 g/mol. The zero-order chi connectivity index (χ0) is 13.1. The Bertz CT molecular complexity index is 435. The van der Waals surface area contributed by atoms with Gasteiger partial charge in [-0.25, -0.2) is 9.97 Å². The molecule has 3 atom stereocenters. The molecule has 0 aliphatic heterocycles. The lowest BCUT2D eigenvalue weighted by atomic mass is 9.79. The van der Waals surface area contributed by atoms with Crippen LogP contribution in [0.5, 0.6) is 0 Å². The van der Waals surface area contributed by atoms with Gasteiger partial charge in [-0.15, -0.1) is 0 Å². The molecule has 1 saturated carbocycles. The molecule has 98 valence electrons. The van der Waals surface area contributed by atoms with Crippen molar-refractivity contribution in [3.05, 3.63) is 18.1 Å². The van der Waals surface area contributed by atoms with Gasteiger partial charge in [0, 0.05) is 18.4 Å². The molecule has 0 aromatic carbocycles. The van der Waals surface area contributed by atoms with Crippen LogP contribution in [-0.4, -0.2) is 21.0 Å². The van der Waals surface area contributed by atoms with Gasteiger partial charge in [-0.2, -0.15) is 0 Å². The number of nitrogens with zero attached hydrogens (tertiary/aromatic N) is 2. The number of rotatable bonds is 3. The Morgan fingerprint density at radius 2 is 2.00 bits per heavy atom. The SMILES string of the molecule is CC1CCC(Nc2nccnc2C(N)=S)CC1C. The van der Waals surface area contributed by atoms with Crippen LogP contribution in [0.25, 0.3) is 0 Å².